The van der Waals surface area contributed by atoms with Crippen molar-refractivity contribution in [2.24, 2.45) is 0 Å². The van der Waals surface area contributed by atoms with Crippen LogP contribution in [0.2, 0.25) is 5.02 Å². The van der Waals surface area contributed by atoms with E-state index in [1.165, 1.54) is 18.2 Å². The van der Waals surface area contributed by atoms with Crippen LogP contribution in [0.1, 0.15) is 12.0 Å². The molecule has 0 spiro atoms. The second kappa shape index (κ2) is 5.96. The lowest BCUT2D eigenvalue weighted by atomic mass is 10.2. The molecule has 0 amide bonds. The number of benzene rings is 1. The van der Waals surface area contributed by atoms with Crippen LogP contribution in [0.15, 0.2) is 18.2 Å². The summed E-state index contributed by atoms with van der Waals surface area (Å²) in [7, 11) is -1.34. The summed E-state index contributed by atoms with van der Waals surface area (Å²) in [4.78, 5) is 10.3. The fourth-order valence-electron chi connectivity index (χ4n) is 1.10. The van der Waals surface area contributed by atoms with Crippen LogP contribution >= 0.6 is 11.6 Å². The molecule has 1 rings (SSSR count). The Morgan fingerprint density at radius 1 is 1.50 bits per heavy atom. The maximum absolute atomic E-state index is 12.9. The first-order valence-electron chi connectivity index (χ1n) is 4.49. The zero-order valence-electron chi connectivity index (χ0n) is 8.28. The molecule has 88 valence electrons. The second-order valence-corrected chi connectivity index (χ2v) is 5.15. The highest BCUT2D eigenvalue weighted by Crippen LogP contribution is 2.18. The molecule has 0 bridgehead atoms. The first-order chi connectivity index (χ1) is 7.49. The summed E-state index contributed by atoms with van der Waals surface area (Å²) in [5.74, 6) is -1.33. The Morgan fingerprint density at radius 3 is 2.81 bits per heavy atom. The highest BCUT2D eigenvalue weighted by molar-refractivity contribution is 7.84. The van der Waals surface area contributed by atoms with E-state index in [0.717, 1.165) is 0 Å². The largest absolute Gasteiger partial charge is 0.481 e. The molecule has 0 aliphatic carbocycles. The highest BCUT2D eigenvalue weighted by atomic mass is 35.5. The molecule has 0 saturated heterocycles. The fraction of sp³-hybridized carbons (Fsp3) is 0.300. The molecule has 1 aromatic rings. The Hall–Kier alpha value is -0.940. The standard InChI is InChI=1S/C10H10ClFO3S/c11-9-2-1-8(12)5-7(9)6-16(15)4-3-10(13)14/h1-2,5H,3-4,6H2,(H,13,14). The molecule has 1 aromatic carbocycles. The molecular formula is C10H10ClFO3S. The molecule has 16 heavy (non-hydrogen) atoms. The van der Waals surface area contributed by atoms with E-state index in [9.17, 15) is 13.4 Å². The normalized spacial score (nSPS) is 12.4. The van der Waals surface area contributed by atoms with Crippen molar-refractivity contribution in [3.05, 3.63) is 34.6 Å². The van der Waals surface area contributed by atoms with Gasteiger partial charge in [-0.15, -0.1) is 0 Å². The van der Waals surface area contributed by atoms with Gasteiger partial charge in [-0.3, -0.25) is 9.00 Å². The molecule has 1 N–H and O–H groups in total. The molecule has 3 nitrogen and oxygen atoms in total. The maximum atomic E-state index is 12.9. The van der Waals surface area contributed by atoms with Gasteiger partial charge in [0, 0.05) is 21.6 Å². The number of carboxylic acids is 1. The van der Waals surface area contributed by atoms with Gasteiger partial charge in [0.15, 0.2) is 0 Å². The van der Waals surface area contributed by atoms with E-state index in [1.807, 2.05) is 0 Å². The topological polar surface area (TPSA) is 54.4 Å². The van der Waals surface area contributed by atoms with Crippen molar-refractivity contribution >= 4 is 28.4 Å². The summed E-state index contributed by atoms with van der Waals surface area (Å²) in [5, 5.41) is 8.74. The number of halogens is 2. The molecule has 0 radical (unpaired) electrons. The van der Waals surface area contributed by atoms with Crippen molar-refractivity contribution in [3.8, 4) is 0 Å². The van der Waals surface area contributed by atoms with E-state index in [4.69, 9.17) is 16.7 Å². The Bertz CT molecular complexity index is 423. The molecule has 0 aliphatic rings. The molecule has 0 saturated carbocycles. The van der Waals surface area contributed by atoms with Gasteiger partial charge >= 0.3 is 5.97 Å². The quantitative estimate of drug-likeness (QED) is 0.887. The third-order valence-corrected chi connectivity index (χ3v) is 3.53. The highest BCUT2D eigenvalue weighted by Gasteiger charge is 2.08. The Labute approximate surface area is 99.7 Å². The molecule has 0 aliphatic heterocycles. The molecule has 6 heteroatoms. The lowest BCUT2D eigenvalue weighted by molar-refractivity contribution is -0.136. The summed E-state index contributed by atoms with van der Waals surface area (Å²) in [6.07, 6.45) is -0.167. The van der Waals surface area contributed by atoms with Crippen LogP contribution in [0.4, 0.5) is 4.39 Å². The smallest absolute Gasteiger partial charge is 0.304 e. The van der Waals surface area contributed by atoms with Gasteiger partial charge in [0.2, 0.25) is 0 Å². The number of carbonyl (C=O) groups is 1. The van der Waals surface area contributed by atoms with E-state index in [0.29, 0.717) is 10.6 Å². The van der Waals surface area contributed by atoms with Crippen molar-refractivity contribution in [2.75, 3.05) is 5.75 Å². The van der Waals surface area contributed by atoms with Gasteiger partial charge in [-0.25, -0.2) is 4.39 Å². The van der Waals surface area contributed by atoms with Crippen molar-refractivity contribution in [1.82, 2.24) is 0 Å². The molecule has 1 unspecified atom stereocenters. The van der Waals surface area contributed by atoms with Gasteiger partial charge in [0.1, 0.15) is 5.82 Å². The minimum absolute atomic E-state index is 0.0438. The monoisotopic (exact) mass is 264 g/mol. The lowest BCUT2D eigenvalue weighted by Crippen LogP contribution is -2.06. The van der Waals surface area contributed by atoms with Crippen LogP contribution in [-0.2, 0) is 21.3 Å². The average molecular weight is 265 g/mol. The summed E-state index contributed by atoms with van der Waals surface area (Å²) in [5.41, 5.74) is 0.436. The van der Waals surface area contributed by atoms with E-state index < -0.39 is 22.6 Å². The van der Waals surface area contributed by atoms with Gasteiger partial charge in [-0.2, -0.15) is 0 Å². The van der Waals surface area contributed by atoms with Gasteiger partial charge in [-0.05, 0) is 23.8 Å². The summed E-state index contributed by atoms with van der Waals surface area (Å²) in [6, 6.07) is 3.81. The van der Waals surface area contributed by atoms with Gasteiger partial charge in [0.05, 0.1) is 12.2 Å². The zero-order valence-corrected chi connectivity index (χ0v) is 9.85. The molecule has 0 heterocycles. The first kappa shape index (κ1) is 13.1. The molecular weight excluding hydrogens is 255 g/mol. The van der Waals surface area contributed by atoms with Crippen LogP contribution in [0.5, 0.6) is 0 Å². The van der Waals surface area contributed by atoms with Gasteiger partial charge in [0.25, 0.3) is 0 Å². The summed E-state index contributed by atoms with van der Waals surface area (Å²) in [6.45, 7) is 0. The number of rotatable bonds is 5. The van der Waals surface area contributed by atoms with Gasteiger partial charge < -0.3 is 5.11 Å². The third kappa shape index (κ3) is 4.28. The number of carboxylic acid groups (broad SMARTS) is 1. The van der Waals surface area contributed by atoms with Crippen molar-refractivity contribution in [2.45, 2.75) is 12.2 Å². The number of hydrogen-bond acceptors (Lipinski definition) is 2. The van der Waals surface area contributed by atoms with Crippen molar-refractivity contribution in [1.29, 1.82) is 0 Å². The van der Waals surface area contributed by atoms with Crippen LogP contribution < -0.4 is 0 Å². The van der Waals surface area contributed by atoms with E-state index in [2.05, 4.69) is 0 Å². The number of hydrogen-bond donors (Lipinski definition) is 1. The third-order valence-electron chi connectivity index (χ3n) is 1.87. The minimum atomic E-state index is -1.34. The van der Waals surface area contributed by atoms with Gasteiger partial charge in [-0.1, -0.05) is 11.6 Å². The lowest BCUT2D eigenvalue weighted by Gasteiger charge is -2.03. The van der Waals surface area contributed by atoms with E-state index in [-0.39, 0.29) is 17.9 Å². The Balaban J connectivity index is 2.62. The zero-order chi connectivity index (χ0) is 12.1. The van der Waals surface area contributed by atoms with E-state index >= 15 is 0 Å². The van der Waals surface area contributed by atoms with Crippen molar-refractivity contribution in [3.63, 3.8) is 0 Å². The predicted octanol–water partition coefficient (Wildman–Crippen LogP) is 2.20. The van der Waals surface area contributed by atoms with E-state index in [1.54, 1.807) is 0 Å². The fourth-order valence-corrected chi connectivity index (χ4v) is 2.50. The molecule has 1 atom stereocenters. The predicted molar refractivity (Wildman–Crippen MR) is 60.4 cm³/mol. The Kier molecular flexibility index (Phi) is 4.89. The van der Waals surface area contributed by atoms with Crippen LogP contribution in [0, 0.1) is 5.82 Å². The summed E-state index contributed by atoms with van der Waals surface area (Å²) < 4.78 is 24.3. The maximum Gasteiger partial charge on any atom is 0.304 e. The molecule has 0 fully saturated rings. The Morgan fingerprint density at radius 2 is 2.19 bits per heavy atom. The summed E-state index contributed by atoms with van der Waals surface area (Å²) >= 11 is 5.79. The molecule has 0 aromatic heterocycles. The van der Waals surface area contributed by atoms with Crippen LogP contribution in [-0.4, -0.2) is 21.0 Å². The average Bonchev–Trinajstić information content (AvgIpc) is 2.20. The second-order valence-electron chi connectivity index (χ2n) is 3.17. The SMILES string of the molecule is O=C(O)CCS(=O)Cc1cc(F)ccc1Cl. The number of aliphatic carboxylic acids is 1. The van der Waals surface area contributed by atoms with Crippen LogP contribution in [0.3, 0.4) is 0 Å². The first-order valence-corrected chi connectivity index (χ1v) is 6.36. The minimum Gasteiger partial charge on any atom is -0.481 e. The van der Waals surface area contributed by atoms with Crippen LogP contribution in [0.25, 0.3) is 0 Å². The van der Waals surface area contributed by atoms with Crippen molar-refractivity contribution < 1.29 is 18.5 Å².